The molecule has 2 fully saturated rings. The summed E-state index contributed by atoms with van der Waals surface area (Å²) in [4.78, 5) is 0. The highest BCUT2D eigenvalue weighted by atomic mass is 19.2. The third kappa shape index (κ3) is 2.45. The van der Waals surface area contributed by atoms with Gasteiger partial charge in [-0.1, -0.05) is 25.5 Å². The van der Waals surface area contributed by atoms with E-state index in [0.717, 1.165) is 31.1 Å². The van der Waals surface area contributed by atoms with E-state index in [2.05, 4.69) is 6.92 Å². The number of phenols is 1. The Morgan fingerprint density at radius 1 is 0.815 bits per heavy atom. The Balaban J connectivity index is 1.48. The molecule has 0 radical (unpaired) electrons. The third-order valence-corrected chi connectivity index (χ3v) is 7.21. The number of fused-ring (bicyclic) bond motifs is 5. The first-order valence-corrected chi connectivity index (χ1v) is 9.99. The van der Waals surface area contributed by atoms with Crippen LogP contribution in [-0.2, 0) is 0 Å². The Morgan fingerprint density at radius 2 is 1.52 bits per heavy atom. The zero-order valence-corrected chi connectivity index (χ0v) is 15.4. The van der Waals surface area contributed by atoms with Gasteiger partial charge in [0.25, 0.3) is 0 Å². The van der Waals surface area contributed by atoms with Gasteiger partial charge in [-0.25, -0.2) is 8.78 Å². The maximum atomic E-state index is 15.3. The van der Waals surface area contributed by atoms with Gasteiger partial charge in [-0.15, -0.1) is 0 Å². The van der Waals surface area contributed by atoms with Crippen LogP contribution in [0.25, 0.3) is 22.3 Å². The summed E-state index contributed by atoms with van der Waals surface area (Å²) < 4.78 is 43.4. The fourth-order valence-corrected chi connectivity index (χ4v) is 5.79. The second kappa shape index (κ2) is 6.02. The van der Waals surface area contributed by atoms with Crippen LogP contribution < -0.4 is 0 Å². The predicted octanol–water partition coefficient (Wildman–Crippen LogP) is 6.78. The molecule has 2 aromatic carbocycles. The lowest BCUT2D eigenvalue weighted by molar-refractivity contribution is 0.124. The van der Waals surface area contributed by atoms with E-state index in [4.69, 9.17) is 0 Å². The molecule has 27 heavy (non-hydrogen) atoms. The van der Waals surface area contributed by atoms with Gasteiger partial charge in [0.1, 0.15) is 5.82 Å². The molecule has 4 heteroatoms. The Labute approximate surface area is 157 Å². The summed E-state index contributed by atoms with van der Waals surface area (Å²) in [5.74, 6) is -1.23. The average molecular weight is 372 g/mol. The van der Waals surface area contributed by atoms with Crippen molar-refractivity contribution in [2.75, 3.05) is 0 Å². The first-order chi connectivity index (χ1) is 13.0. The van der Waals surface area contributed by atoms with Crippen LogP contribution in [0.1, 0.15) is 56.9 Å². The standard InChI is InChI=1S/C23H23F3O/c1-11-2-3-13-9-14(5-4-12(13)8-11)15-6-7-16-17-10-18(27)22(25)23(26)20(17)19(16)21(15)24/h6-7,10-14,27H,2-5,8-9H2,1H3. The Bertz CT molecular complexity index is 936. The molecule has 3 aliphatic rings. The predicted molar refractivity (Wildman–Crippen MR) is 99.0 cm³/mol. The van der Waals surface area contributed by atoms with Crippen LogP contribution in [0.15, 0.2) is 18.2 Å². The maximum absolute atomic E-state index is 15.3. The topological polar surface area (TPSA) is 20.2 Å². The van der Waals surface area contributed by atoms with Crippen molar-refractivity contribution in [3.05, 3.63) is 41.2 Å². The highest BCUT2D eigenvalue weighted by Gasteiger charge is 2.38. The van der Waals surface area contributed by atoms with Crippen LogP contribution in [0.4, 0.5) is 13.2 Å². The van der Waals surface area contributed by atoms with Crippen LogP contribution in [-0.4, -0.2) is 5.11 Å². The molecule has 1 nitrogen and oxygen atoms in total. The molecular weight excluding hydrogens is 349 g/mol. The fraction of sp³-hybridized carbons (Fsp3) is 0.478. The van der Waals surface area contributed by atoms with Gasteiger partial charge in [-0.05, 0) is 78.5 Å². The molecule has 0 amide bonds. The summed E-state index contributed by atoms with van der Waals surface area (Å²) in [5.41, 5.74) is 1.74. The quantitative estimate of drug-likeness (QED) is 0.499. The van der Waals surface area contributed by atoms with Gasteiger partial charge in [0.15, 0.2) is 11.6 Å². The first kappa shape index (κ1) is 17.2. The number of phenolic OH excluding ortho intramolecular Hbond substituents is 1. The molecule has 0 aromatic heterocycles. The Morgan fingerprint density at radius 3 is 2.33 bits per heavy atom. The molecule has 0 heterocycles. The fourth-order valence-electron chi connectivity index (χ4n) is 5.79. The van der Waals surface area contributed by atoms with Gasteiger partial charge < -0.3 is 5.11 Å². The molecule has 0 bridgehead atoms. The van der Waals surface area contributed by atoms with Crippen molar-refractivity contribution in [3.8, 4) is 28.0 Å². The lowest BCUT2D eigenvalue weighted by Gasteiger charge is -2.42. The molecule has 0 saturated heterocycles. The van der Waals surface area contributed by atoms with Gasteiger partial charge in [-0.3, -0.25) is 0 Å². The molecule has 4 atom stereocenters. The molecule has 3 aliphatic carbocycles. The number of aromatic hydroxyl groups is 1. The van der Waals surface area contributed by atoms with Crippen LogP contribution in [0, 0.1) is 35.2 Å². The Kier molecular flexibility index (Phi) is 3.82. The molecule has 142 valence electrons. The molecule has 5 rings (SSSR count). The zero-order valence-electron chi connectivity index (χ0n) is 15.4. The molecule has 4 unspecified atom stereocenters. The monoisotopic (exact) mass is 372 g/mol. The van der Waals surface area contributed by atoms with Crippen LogP contribution in [0.3, 0.4) is 0 Å². The largest absolute Gasteiger partial charge is 0.505 e. The second-order valence-corrected chi connectivity index (χ2v) is 8.79. The minimum Gasteiger partial charge on any atom is -0.505 e. The van der Waals surface area contributed by atoms with Crippen molar-refractivity contribution in [2.24, 2.45) is 17.8 Å². The van der Waals surface area contributed by atoms with Gasteiger partial charge in [0, 0.05) is 11.1 Å². The highest BCUT2D eigenvalue weighted by Crippen LogP contribution is 2.55. The van der Waals surface area contributed by atoms with E-state index in [-0.39, 0.29) is 17.0 Å². The maximum Gasteiger partial charge on any atom is 0.201 e. The average Bonchev–Trinajstić information content (AvgIpc) is 2.64. The molecular formula is C23H23F3O. The van der Waals surface area contributed by atoms with Gasteiger partial charge in [-0.2, -0.15) is 4.39 Å². The smallest absolute Gasteiger partial charge is 0.201 e. The zero-order chi connectivity index (χ0) is 18.9. The van der Waals surface area contributed by atoms with E-state index in [1.165, 1.54) is 25.3 Å². The first-order valence-electron chi connectivity index (χ1n) is 9.99. The summed E-state index contributed by atoms with van der Waals surface area (Å²) in [7, 11) is 0. The summed E-state index contributed by atoms with van der Waals surface area (Å²) in [6.45, 7) is 2.32. The van der Waals surface area contributed by atoms with Crippen LogP contribution in [0.5, 0.6) is 5.75 Å². The van der Waals surface area contributed by atoms with E-state index >= 15 is 4.39 Å². The van der Waals surface area contributed by atoms with Crippen molar-refractivity contribution in [3.63, 3.8) is 0 Å². The van der Waals surface area contributed by atoms with Gasteiger partial charge >= 0.3 is 0 Å². The lowest BCUT2D eigenvalue weighted by Crippen LogP contribution is -2.30. The minimum absolute atomic E-state index is 0.0279. The molecule has 2 saturated carbocycles. The normalized spacial score (nSPS) is 28.7. The minimum atomic E-state index is -1.30. The lowest BCUT2D eigenvalue weighted by atomic mass is 9.63. The Hall–Kier alpha value is -1.97. The summed E-state index contributed by atoms with van der Waals surface area (Å²) in [5, 5.41) is 9.51. The summed E-state index contributed by atoms with van der Waals surface area (Å²) in [6.07, 6.45) is 6.84. The highest BCUT2D eigenvalue weighted by molar-refractivity contribution is 6.03. The molecule has 0 spiro atoms. The van der Waals surface area contributed by atoms with E-state index < -0.39 is 23.2 Å². The third-order valence-electron chi connectivity index (χ3n) is 7.21. The second-order valence-electron chi connectivity index (χ2n) is 8.79. The number of hydrogen-bond donors (Lipinski definition) is 1. The summed E-state index contributed by atoms with van der Waals surface area (Å²) in [6, 6.07) is 4.79. The van der Waals surface area contributed by atoms with Gasteiger partial charge in [0.05, 0.1) is 0 Å². The molecule has 0 aliphatic heterocycles. The van der Waals surface area contributed by atoms with E-state index in [0.29, 0.717) is 22.6 Å². The van der Waals surface area contributed by atoms with Crippen LogP contribution >= 0.6 is 0 Å². The number of halogens is 3. The van der Waals surface area contributed by atoms with E-state index in [1.54, 1.807) is 6.07 Å². The van der Waals surface area contributed by atoms with Crippen molar-refractivity contribution < 1.29 is 18.3 Å². The van der Waals surface area contributed by atoms with Crippen molar-refractivity contribution in [1.29, 1.82) is 0 Å². The van der Waals surface area contributed by atoms with E-state index in [9.17, 15) is 13.9 Å². The van der Waals surface area contributed by atoms with Crippen molar-refractivity contribution >= 4 is 0 Å². The molecule has 2 aromatic rings. The number of benzene rings is 2. The van der Waals surface area contributed by atoms with Crippen LogP contribution in [0.2, 0.25) is 0 Å². The number of rotatable bonds is 1. The SMILES string of the molecule is CC1CCC2CC(c3ccc4c(c3F)-c3c-4cc(O)c(F)c3F)CCC2C1. The van der Waals surface area contributed by atoms with Gasteiger partial charge in [0.2, 0.25) is 5.82 Å². The van der Waals surface area contributed by atoms with Crippen molar-refractivity contribution in [1.82, 2.24) is 0 Å². The van der Waals surface area contributed by atoms with Crippen molar-refractivity contribution in [2.45, 2.75) is 51.4 Å². The van der Waals surface area contributed by atoms with E-state index in [1.807, 2.05) is 6.07 Å². The number of hydrogen-bond acceptors (Lipinski definition) is 1. The molecule has 1 N–H and O–H groups in total. The summed E-state index contributed by atoms with van der Waals surface area (Å²) >= 11 is 0.